The van der Waals surface area contributed by atoms with Crippen LogP contribution < -0.4 is 4.90 Å². The van der Waals surface area contributed by atoms with Crippen molar-refractivity contribution in [2.24, 2.45) is 0 Å². The molecule has 1 N–H and O–H groups in total. The van der Waals surface area contributed by atoms with Gasteiger partial charge in [-0.3, -0.25) is 9.55 Å². The number of aromatic nitrogens is 4. The normalized spacial score (nSPS) is 10.8. The van der Waals surface area contributed by atoms with Crippen LogP contribution in [0.1, 0.15) is 0 Å². The van der Waals surface area contributed by atoms with E-state index in [0.717, 1.165) is 16.9 Å². The summed E-state index contributed by atoms with van der Waals surface area (Å²) in [7, 11) is 0. The zero-order chi connectivity index (χ0) is 20.1. The molecule has 2 aromatic carbocycles. The number of benzene rings is 2. The highest BCUT2D eigenvalue weighted by atomic mass is 32.1. The summed E-state index contributed by atoms with van der Waals surface area (Å²) in [6, 6.07) is 24.1. The predicted molar refractivity (Wildman–Crippen MR) is 116 cm³/mol. The molecule has 0 amide bonds. The molecular formula is C22H21N5OS. The zero-order valence-electron chi connectivity index (χ0n) is 15.8. The smallest absolute Gasteiger partial charge is 0.199 e. The molecule has 0 saturated carbocycles. The van der Waals surface area contributed by atoms with Crippen molar-refractivity contribution in [3.63, 3.8) is 0 Å². The highest BCUT2D eigenvalue weighted by Gasteiger charge is 2.16. The van der Waals surface area contributed by atoms with Gasteiger partial charge in [0.25, 0.3) is 0 Å². The Hall–Kier alpha value is -3.29. The van der Waals surface area contributed by atoms with E-state index in [1.54, 1.807) is 17.1 Å². The van der Waals surface area contributed by atoms with Crippen LogP contribution >= 0.6 is 12.2 Å². The fourth-order valence-corrected chi connectivity index (χ4v) is 3.49. The van der Waals surface area contributed by atoms with E-state index in [-0.39, 0.29) is 6.61 Å². The average molecular weight is 404 g/mol. The molecule has 146 valence electrons. The average Bonchev–Trinajstić information content (AvgIpc) is 3.09. The third kappa shape index (κ3) is 4.11. The molecule has 2 aromatic heterocycles. The first kappa shape index (κ1) is 19.0. The standard InChI is InChI=1S/C22H21N5OS/c28-16-15-25-21(18-11-13-23-14-12-18)24-27(22(25)29)17-26(19-7-3-1-4-8-19)20-9-5-2-6-10-20/h1-14,28H,15-17H2. The zero-order valence-corrected chi connectivity index (χ0v) is 16.6. The molecule has 0 aliphatic heterocycles. The first-order chi connectivity index (χ1) is 14.3. The van der Waals surface area contributed by atoms with Crippen LogP contribution in [0.25, 0.3) is 11.4 Å². The first-order valence-electron chi connectivity index (χ1n) is 9.34. The molecule has 0 bridgehead atoms. The molecule has 4 aromatic rings. The van der Waals surface area contributed by atoms with E-state index in [2.05, 4.69) is 34.1 Å². The molecule has 0 unspecified atom stereocenters. The number of pyridine rings is 1. The summed E-state index contributed by atoms with van der Waals surface area (Å²) in [5.41, 5.74) is 3.00. The van der Waals surface area contributed by atoms with Crippen LogP contribution in [0, 0.1) is 4.77 Å². The van der Waals surface area contributed by atoms with Gasteiger partial charge in [-0.25, -0.2) is 4.68 Å². The summed E-state index contributed by atoms with van der Waals surface area (Å²) in [6.07, 6.45) is 3.45. The van der Waals surface area contributed by atoms with E-state index in [4.69, 9.17) is 17.3 Å². The molecule has 0 radical (unpaired) electrons. The quantitative estimate of drug-likeness (QED) is 0.467. The van der Waals surface area contributed by atoms with Crippen LogP contribution in [-0.4, -0.2) is 31.0 Å². The molecule has 0 saturated heterocycles. The Kier molecular flexibility index (Phi) is 5.79. The highest BCUT2D eigenvalue weighted by Crippen LogP contribution is 2.26. The van der Waals surface area contributed by atoms with Gasteiger partial charge in [0, 0.05) is 29.3 Å². The highest BCUT2D eigenvalue weighted by molar-refractivity contribution is 7.71. The molecule has 0 fully saturated rings. The molecule has 4 rings (SSSR count). The lowest BCUT2D eigenvalue weighted by atomic mass is 10.2. The SMILES string of the molecule is OCCn1c(-c2ccncc2)nn(CN(c2ccccc2)c2ccccc2)c1=S. The van der Waals surface area contributed by atoms with Gasteiger partial charge in [0.05, 0.1) is 13.2 Å². The Labute approximate surface area is 174 Å². The Morgan fingerprint density at radius 3 is 2.00 bits per heavy atom. The lowest BCUT2D eigenvalue weighted by molar-refractivity contribution is 0.275. The predicted octanol–water partition coefficient (Wildman–Crippen LogP) is 4.26. The van der Waals surface area contributed by atoms with Gasteiger partial charge in [0.15, 0.2) is 10.6 Å². The summed E-state index contributed by atoms with van der Waals surface area (Å²) >= 11 is 5.71. The summed E-state index contributed by atoms with van der Waals surface area (Å²) in [4.78, 5) is 6.23. The minimum atomic E-state index is -0.0147. The van der Waals surface area contributed by atoms with Crippen LogP contribution in [0.4, 0.5) is 11.4 Å². The number of para-hydroxylation sites is 2. The summed E-state index contributed by atoms with van der Waals surface area (Å²) < 4.78 is 4.21. The largest absolute Gasteiger partial charge is 0.395 e. The monoisotopic (exact) mass is 403 g/mol. The maximum absolute atomic E-state index is 9.54. The van der Waals surface area contributed by atoms with Gasteiger partial charge in [-0.2, -0.15) is 0 Å². The molecule has 29 heavy (non-hydrogen) atoms. The Bertz CT molecular complexity index is 1070. The Morgan fingerprint density at radius 1 is 0.862 bits per heavy atom. The number of anilines is 2. The van der Waals surface area contributed by atoms with Crippen molar-refractivity contribution in [2.75, 3.05) is 11.5 Å². The van der Waals surface area contributed by atoms with Crippen molar-refractivity contribution in [3.8, 4) is 11.4 Å². The van der Waals surface area contributed by atoms with Crippen molar-refractivity contribution in [3.05, 3.63) is 90.0 Å². The van der Waals surface area contributed by atoms with Gasteiger partial charge in [0.2, 0.25) is 0 Å². The van der Waals surface area contributed by atoms with Crippen molar-refractivity contribution in [1.29, 1.82) is 0 Å². The molecule has 0 spiro atoms. The lowest BCUT2D eigenvalue weighted by Crippen LogP contribution is -2.22. The molecule has 2 heterocycles. The molecule has 0 aliphatic rings. The van der Waals surface area contributed by atoms with E-state index in [1.165, 1.54) is 0 Å². The van der Waals surface area contributed by atoms with Crippen LogP contribution in [0.2, 0.25) is 0 Å². The van der Waals surface area contributed by atoms with Crippen LogP contribution in [-0.2, 0) is 13.2 Å². The fourth-order valence-electron chi connectivity index (χ4n) is 3.21. The lowest BCUT2D eigenvalue weighted by Gasteiger charge is -2.24. The van der Waals surface area contributed by atoms with Crippen LogP contribution in [0.15, 0.2) is 85.2 Å². The van der Waals surface area contributed by atoms with Gasteiger partial charge in [0.1, 0.15) is 6.67 Å². The maximum Gasteiger partial charge on any atom is 0.199 e. The summed E-state index contributed by atoms with van der Waals surface area (Å²) in [6.45, 7) is 0.815. The second-order valence-electron chi connectivity index (χ2n) is 6.46. The first-order valence-corrected chi connectivity index (χ1v) is 9.75. The Balaban J connectivity index is 1.78. The number of hydrogen-bond donors (Lipinski definition) is 1. The van der Waals surface area contributed by atoms with Gasteiger partial charge in [-0.15, -0.1) is 5.10 Å². The molecule has 7 heteroatoms. The second kappa shape index (κ2) is 8.81. The van der Waals surface area contributed by atoms with Gasteiger partial charge >= 0.3 is 0 Å². The van der Waals surface area contributed by atoms with Crippen LogP contribution in [0.3, 0.4) is 0 Å². The van der Waals surface area contributed by atoms with Crippen molar-refractivity contribution in [1.82, 2.24) is 19.3 Å². The van der Waals surface area contributed by atoms with Crippen molar-refractivity contribution >= 4 is 23.6 Å². The third-order valence-corrected chi connectivity index (χ3v) is 5.03. The van der Waals surface area contributed by atoms with E-state index in [9.17, 15) is 5.11 Å². The maximum atomic E-state index is 9.54. The third-order valence-electron chi connectivity index (χ3n) is 4.60. The number of aliphatic hydroxyl groups is 1. The minimum Gasteiger partial charge on any atom is -0.395 e. The van der Waals surface area contributed by atoms with E-state index in [1.807, 2.05) is 53.1 Å². The number of hydrogen-bond acceptors (Lipinski definition) is 5. The van der Waals surface area contributed by atoms with E-state index in [0.29, 0.717) is 23.8 Å². The van der Waals surface area contributed by atoms with E-state index >= 15 is 0 Å². The van der Waals surface area contributed by atoms with Gasteiger partial charge < -0.3 is 10.0 Å². The second-order valence-corrected chi connectivity index (χ2v) is 6.82. The topological polar surface area (TPSA) is 59.1 Å². The van der Waals surface area contributed by atoms with Gasteiger partial charge in [-0.05, 0) is 48.6 Å². The Morgan fingerprint density at radius 2 is 1.45 bits per heavy atom. The summed E-state index contributed by atoms with van der Waals surface area (Å²) in [5, 5.41) is 14.3. The van der Waals surface area contributed by atoms with E-state index < -0.39 is 0 Å². The molecule has 0 aliphatic carbocycles. The number of nitrogens with zero attached hydrogens (tertiary/aromatic N) is 5. The molecule has 6 nitrogen and oxygen atoms in total. The molecular weight excluding hydrogens is 382 g/mol. The summed E-state index contributed by atoms with van der Waals surface area (Å²) in [5.74, 6) is 0.715. The van der Waals surface area contributed by atoms with Gasteiger partial charge in [-0.1, -0.05) is 36.4 Å². The van der Waals surface area contributed by atoms with Crippen molar-refractivity contribution < 1.29 is 5.11 Å². The number of rotatable bonds is 7. The number of aliphatic hydroxyl groups excluding tert-OH is 1. The minimum absolute atomic E-state index is 0.0147. The fraction of sp³-hybridized carbons (Fsp3) is 0.136. The van der Waals surface area contributed by atoms with Crippen LogP contribution in [0.5, 0.6) is 0 Å². The molecule has 0 atom stereocenters. The van der Waals surface area contributed by atoms with Crippen molar-refractivity contribution in [2.45, 2.75) is 13.2 Å².